The summed E-state index contributed by atoms with van der Waals surface area (Å²) in [5.74, 6) is -0.511. The number of hydrogen-bond acceptors (Lipinski definition) is 6. The fourth-order valence-electron chi connectivity index (χ4n) is 15.4. The molecule has 4 aromatic carbocycles. The van der Waals surface area contributed by atoms with Crippen molar-refractivity contribution in [1.82, 2.24) is 4.90 Å². The van der Waals surface area contributed by atoms with E-state index in [0.29, 0.717) is 37.7 Å². The number of rotatable bonds is 8. The van der Waals surface area contributed by atoms with E-state index >= 15 is 9.59 Å². The number of fused-ring (bicyclic) bond motifs is 4. The van der Waals surface area contributed by atoms with E-state index in [9.17, 15) is 15.0 Å². The Balaban J connectivity index is 1.03. The third kappa shape index (κ3) is 5.07. The van der Waals surface area contributed by atoms with Gasteiger partial charge in [-0.3, -0.25) is 14.4 Å². The summed E-state index contributed by atoms with van der Waals surface area (Å²) >= 11 is 0. The highest BCUT2D eigenvalue weighted by molar-refractivity contribution is 6.14. The lowest BCUT2D eigenvalue weighted by atomic mass is 9.32. The first-order valence-electron chi connectivity index (χ1n) is 23.5. The average molecular weight is 844 g/mol. The number of esters is 1. The molecule has 1 saturated heterocycles. The van der Waals surface area contributed by atoms with Gasteiger partial charge < -0.3 is 19.8 Å². The van der Waals surface area contributed by atoms with Crippen molar-refractivity contribution >= 4 is 28.4 Å². The molecule has 2 N–H and O–H groups in total. The van der Waals surface area contributed by atoms with Gasteiger partial charge in [0, 0.05) is 39.3 Å². The average Bonchev–Trinajstić information content (AvgIpc) is 3.73. The van der Waals surface area contributed by atoms with Crippen LogP contribution < -0.4 is 0 Å². The second-order valence-corrected chi connectivity index (χ2v) is 22.0. The molecule has 4 saturated carbocycles. The van der Waals surface area contributed by atoms with Crippen molar-refractivity contribution in [3.8, 4) is 11.1 Å². The normalized spacial score (nSPS) is 39.0. The molecule has 4 bridgehead atoms. The highest BCUT2D eigenvalue weighted by Gasteiger charge is 2.78. The molecule has 2 spiro atoms. The summed E-state index contributed by atoms with van der Waals surface area (Å²) in [4.78, 5) is 46.8. The molecule has 12 rings (SSSR count). The fraction of sp³-hybridized carbons (Fsp3) is 0.482. The zero-order valence-corrected chi connectivity index (χ0v) is 37.5. The third-order valence-corrected chi connectivity index (χ3v) is 19.6. The Morgan fingerprint density at radius 2 is 1.43 bits per heavy atom. The minimum absolute atomic E-state index is 0.0198. The number of nitrogens with zero attached hydrogens (tertiary/aromatic N) is 1. The van der Waals surface area contributed by atoms with Crippen LogP contribution in [0.1, 0.15) is 108 Å². The summed E-state index contributed by atoms with van der Waals surface area (Å²) in [5.41, 5.74) is -1.87. The van der Waals surface area contributed by atoms with Gasteiger partial charge in [-0.15, -0.1) is 0 Å². The van der Waals surface area contributed by atoms with Crippen molar-refractivity contribution in [3.05, 3.63) is 132 Å². The van der Waals surface area contributed by atoms with Gasteiger partial charge in [-0.25, -0.2) is 0 Å². The van der Waals surface area contributed by atoms with Gasteiger partial charge >= 0.3 is 5.97 Å². The Morgan fingerprint density at radius 3 is 2.19 bits per heavy atom. The molecule has 1 unspecified atom stereocenters. The predicted octanol–water partition coefficient (Wildman–Crippen LogP) is 10.4. The van der Waals surface area contributed by atoms with Gasteiger partial charge in [-0.1, -0.05) is 143 Å². The van der Waals surface area contributed by atoms with E-state index < -0.39 is 44.4 Å². The zero-order chi connectivity index (χ0) is 44.0. The highest BCUT2D eigenvalue weighted by atomic mass is 16.6. The van der Waals surface area contributed by atoms with Crippen molar-refractivity contribution in [2.24, 2.45) is 44.3 Å². The Kier molecular flexibility index (Phi) is 8.67. The summed E-state index contributed by atoms with van der Waals surface area (Å²) in [6.45, 7) is 10.9. The van der Waals surface area contributed by atoms with E-state index in [4.69, 9.17) is 4.74 Å². The molecule has 10 atom stereocenters. The Morgan fingerprint density at radius 1 is 0.746 bits per heavy atom. The third-order valence-electron chi connectivity index (χ3n) is 19.6. The van der Waals surface area contributed by atoms with E-state index in [2.05, 4.69) is 68.5 Å². The quantitative estimate of drug-likeness (QED) is 0.104. The molecule has 1 aliphatic heterocycles. The number of ether oxygens (including phenoxy) is 1. The predicted molar refractivity (Wildman–Crippen MR) is 244 cm³/mol. The van der Waals surface area contributed by atoms with E-state index in [1.54, 1.807) is 0 Å². The molecule has 63 heavy (non-hydrogen) atoms. The van der Waals surface area contributed by atoms with Gasteiger partial charge in [0.2, 0.25) is 0 Å². The molecule has 0 radical (unpaired) electrons. The van der Waals surface area contributed by atoms with Crippen LogP contribution in [0.15, 0.2) is 121 Å². The highest BCUT2D eigenvalue weighted by Crippen LogP contribution is 2.78. The number of hydrogen-bond donors (Lipinski definition) is 2. The van der Waals surface area contributed by atoms with Gasteiger partial charge in [0.05, 0.1) is 23.7 Å². The van der Waals surface area contributed by atoms with Gasteiger partial charge in [0.25, 0.3) is 5.91 Å². The first kappa shape index (κ1) is 40.9. The van der Waals surface area contributed by atoms with Crippen molar-refractivity contribution in [2.45, 2.75) is 116 Å². The molecule has 7 nitrogen and oxygen atoms in total. The number of aliphatic hydroxyl groups excluding tert-OH is 1. The molecule has 1 amide bonds. The maximum Gasteiger partial charge on any atom is 0.313 e. The topological polar surface area (TPSA) is 104 Å². The molecule has 5 fully saturated rings. The number of allylic oxidation sites excluding steroid dienone is 4. The smallest absolute Gasteiger partial charge is 0.313 e. The van der Waals surface area contributed by atoms with Gasteiger partial charge in [-0.2, -0.15) is 0 Å². The Hall–Kier alpha value is -4.85. The van der Waals surface area contributed by atoms with E-state index in [0.717, 1.165) is 58.7 Å². The molecule has 4 aromatic rings. The van der Waals surface area contributed by atoms with E-state index in [-0.39, 0.29) is 48.0 Å². The van der Waals surface area contributed by atoms with Crippen LogP contribution in [0.4, 0.5) is 0 Å². The zero-order valence-electron chi connectivity index (χ0n) is 37.5. The summed E-state index contributed by atoms with van der Waals surface area (Å²) < 4.78 is 6.28. The number of benzene rings is 4. The lowest BCUT2D eigenvalue weighted by Gasteiger charge is -2.71. The van der Waals surface area contributed by atoms with Gasteiger partial charge in [-0.05, 0) is 109 Å². The lowest BCUT2D eigenvalue weighted by molar-refractivity contribution is -0.187. The molecule has 7 heteroatoms. The monoisotopic (exact) mass is 843 g/mol. The lowest BCUT2D eigenvalue weighted by Crippen LogP contribution is -2.67. The fourth-order valence-corrected chi connectivity index (χ4v) is 15.4. The minimum atomic E-state index is -1.34. The van der Waals surface area contributed by atoms with Crippen molar-refractivity contribution < 1.29 is 29.3 Å². The van der Waals surface area contributed by atoms with Crippen molar-refractivity contribution in [2.75, 3.05) is 6.54 Å². The summed E-state index contributed by atoms with van der Waals surface area (Å²) in [6, 6.07) is 32.4. The summed E-state index contributed by atoms with van der Waals surface area (Å²) in [5, 5.41) is 27.1. The van der Waals surface area contributed by atoms with Gasteiger partial charge in [0.1, 0.15) is 0 Å². The number of amides is 1. The van der Waals surface area contributed by atoms with Gasteiger partial charge in [0.15, 0.2) is 11.4 Å². The minimum Gasteiger partial charge on any atom is -0.448 e. The largest absolute Gasteiger partial charge is 0.448 e. The molecule has 8 aliphatic rings. The van der Waals surface area contributed by atoms with Crippen LogP contribution >= 0.6 is 0 Å². The molecule has 7 aliphatic carbocycles. The van der Waals surface area contributed by atoms with E-state index in [1.165, 1.54) is 0 Å². The Bertz CT molecular complexity index is 2660. The first-order chi connectivity index (χ1) is 30.0. The summed E-state index contributed by atoms with van der Waals surface area (Å²) in [7, 11) is 0. The molecule has 1 heterocycles. The first-order valence-corrected chi connectivity index (χ1v) is 23.5. The number of Topliss-reactive ketones (excluding diaryl/α,β-unsaturated/α-hetero) is 1. The molecule has 0 aromatic heterocycles. The maximum atomic E-state index is 15.7. The summed E-state index contributed by atoms with van der Waals surface area (Å²) in [6.07, 6.45) is 12.4. The molecule has 326 valence electrons. The second-order valence-electron chi connectivity index (χ2n) is 22.0. The maximum absolute atomic E-state index is 15.7. The van der Waals surface area contributed by atoms with Crippen molar-refractivity contribution in [1.29, 1.82) is 0 Å². The number of carbonyl (C=O) groups is 3. The van der Waals surface area contributed by atoms with Crippen LogP contribution in [0.25, 0.3) is 21.9 Å². The number of aliphatic hydroxyl groups is 2. The van der Waals surface area contributed by atoms with Crippen molar-refractivity contribution in [3.63, 3.8) is 0 Å². The van der Waals surface area contributed by atoms with Crippen LogP contribution in [0.5, 0.6) is 0 Å². The van der Waals surface area contributed by atoms with Crippen LogP contribution in [0, 0.1) is 44.3 Å². The van der Waals surface area contributed by atoms with Crippen LogP contribution in [0.2, 0.25) is 0 Å². The Labute approximate surface area is 371 Å². The standard InChI is InChI=1S/C56H61NO6/c1-49(2)52(5)28-31-56(49,63-48(52)61)47(60)57(34-38-18-13-17-36-16-9-10-19-40(36)38)35-54(62)27-24-45-51(54,4)26-23-44-50(3)25-22-39(58)32-53(50)29-30-55(44,45)43(33-53)46(59)42-21-12-11-20-41(42)37-14-7-6-8-15-37/h6-21,29-30,33,39,44-45,58,62H,22-28,31-32,34-35H2,1-5H3/t39?,44-,45-,50-,51+,52+,53+,54-,55-,56-/m1/s1. The molecular formula is C56H61NO6. The number of carbonyl (C=O) groups excluding carboxylic acids is 3. The van der Waals surface area contributed by atoms with Crippen LogP contribution in [-0.2, 0) is 20.9 Å². The SMILES string of the molecule is CC1(C)[C@@]2(C)CC[C@]1(C(=O)N(Cc1cccc3ccccc13)C[C@]1(O)CC[C@H]3[C@]45C=C[C@@]6(C=C4C(=O)c4ccccc4-c4ccccc4)CC(O)CC[C@]6(C)[C@H]5CC[C@@]31C)OC2=O. The number of ketones is 1. The second kappa shape index (κ2) is 13.4. The van der Waals surface area contributed by atoms with Crippen LogP contribution in [-0.4, -0.2) is 56.6 Å². The molecular weight excluding hydrogens is 783 g/mol. The van der Waals surface area contributed by atoms with E-state index in [1.807, 2.05) is 86.3 Å². The van der Waals surface area contributed by atoms with Crippen LogP contribution in [0.3, 0.4) is 0 Å².